The van der Waals surface area contributed by atoms with Gasteiger partial charge in [0.25, 0.3) is 11.8 Å². The second-order valence-corrected chi connectivity index (χ2v) is 4.79. The molecule has 0 unspecified atom stereocenters. The first kappa shape index (κ1) is 19.7. The van der Waals surface area contributed by atoms with E-state index in [-0.39, 0.29) is 37.8 Å². The maximum absolute atomic E-state index is 11.6. The van der Waals surface area contributed by atoms with Gasteiger partial charge in [0.05, 0.1) is 32.8 Å². The fraction of sp³-hybridized carbons (Fsp3) is 0.533. The zero-order valence-electron chi connectivity index (χ0n) is 13.4. The van der Waals surface area contributed by atoms with E-state index >= 15 is 0 Å². The van der Waals surface area contributed by atoms with Crippen LogP contribution in [0.1, 0.15) is 12.8 Å². The number of hydrogen-bond acceptors (Lipinski definition) is 6. The Balaban J connectivity index is 1.93. The van der Waals surface area contributed by atoms with Gasteiger partial charge in [-0.2, -0.15) is 0 Å². The van der Waals surface area contributed by atoms with Gasteiger partial charge in [0.15, 0.2) is 0 Å². The lowest BCUT2D eigenvalue weighted by Gasteiger charge is -2.13. The first-order valence-electron chi connectivity index (χ1n) is 7.50. The van der Waals surface area contributed by atoms with Crippen molar-refractivity contribution in [3.05, 3.63) is 12.2 Å². The standard InChI is InChI=1S/C15H21N3O6/c1-16-12(19)5-8-23-10-11-24-9-6-17-13(20)4-7-18-14(21)2-3-15(18)22/h2-3H,1,4-11H2,(H,17,20). The van der Waals surface area contributed by atoms with Crippen LogP contribution in [0.15, 0.2) is 17.1 Å². The summed E-state index contributed by atoms with van der Waals surface area (Å²) in [6.07, 6.45) is 2.60. The molecule has 1 aliphatic heterocycles. The van der Waals surface area contributed by atoms with Crippen LogP contribution in [0.5, 0.6) is 0 Å². The molecule has 9 heteroatoms. The Hall–Kier alpha value is -2.39. The molecule has 0 bridgehead atoms. The van der Waals surface area contributed by atoms with Gasteiger partial charge in [0.1, 0.15) is 0 Å². The van der Waals surface area contributed by atoms with Gasteiger partial charge in [0.2, 0.25) is 11.8 Å². The molecule has 0 saturated heterocycles. The van der Waals surface area contributed by atoms with E-state index in [2.05, 4.69) is 17.0 Å². The van der Waals surface area contributed by atoms with E-state index in [0.717, 1.165) is 4.90 Å². The van der Waals surface area contributed by atoms with Crippen molar-refractivity contribution in [1.82, 2.24) is 10.2 Å². The van der Waals surface area contributed by atoms with Crippen LogP contribution in [0.4, 0.5) is 0 Å². The monoisotopic (exact) mass is 339 g/mol. The number of nitrogens with zero attached hydrogens (tertiary/aromatic N) is 2. The number of carbonyl (C=O) groups is 4. The second kappa shape index (κ2) is 11.2. The zero-order chi connectivity index (χ0) is 17.8. The molecule has 0 aromatic rings. The molecule has 1 N–H and O–H groups in total. The van der Waals surface area contributed by atoms with Gasteiger partial charge in [-0.25, -0.2) is 4.99 Å². The van der Waals surface area contributed by atoms with Crippen molar-refractivity contribution in [2.75, 3.05) is 39.5 Å². The highest BCUT2D eigenvalue weighted by Crippen LogP contribution is 2.03. The van der Waals surface area contributed by atoms with Gasteiger partial charge in [-0.3, -0.25) is 24.1 Å². The summed E-state index contributed by atoms with van der Waals surface area (Å²) >= 11 is 0. The smallest absolute Gasteiger partial charge is 0.253 e. The number of nitrogens with one attached hydrogen (secondary N) is 1. The average Bonchev–Trinajstić information content (AvgIpc) is 2.89. The molecule has 132 valence electrons. The van der Waals surface area contributed by atoms with Crippen molar-refractivity contribution in [2.45, 2.75) is 12.8 Å². The SMILES string of the molecule is C=NC(=O)CCOCCOCCNC(=O)CCN1C(=O)C=CC1=O. The third-order valence-corrected chi connectivity index (χ3v) is 3.04. The molecule has 1 rings (SSSR count). The molecule has 0 saturated carbocycles. The Labute approximate surface area is 139 Å². The van der Waals surface area contributed by atoms with Gasteiger partial charge in [-0.05, 0) is 6.72 Å². The van der Waals surface area contributed by atoms with Crippen LogP contribution >= 0.6 is 0 Å². The fourth-order valence-corrected chi connectivity index (χ4v) is 1.78. The van der Waals surface area contributed by atoms with E-state index in [0.29, 0.717) is 26.4 Å². The first-order chi connectivity index (χ1) is 11.5. The highest BCUT2D eigenvalue weighted by atomic mass is 16.5. The van der Waals surface area contributed by atoms with E-state index in [1.54, 1.807) is 0 Å². The average molecular weight is 339 g/mol. The predicted molar refractivity (Wildman–Crippen MR) is 84.3 cm³/mol. The summed E-state index contributed by atoms with van der Waals surface area (Å²) < 4.78 is 10.4. The number of ether oxygens (including phenoxy) is 2. The molecular weight excluding hydrogens is 318 g/mol. The minimum absolute atomic E-state index is 0.0492. The molecule has 24 heavy (non-hydrogen) atoms. The maximum atomic E-state index is 11.6. The molecule has 0 aromatic carbocycles. The van der Waals surface area contributed by atoms with E-state index in [1.165, 1.54) is 12.2 Å². The molecule has 1 heterocycles. The topological polar surface area (TPSA) is 114 Å². The fourth-order valence-electron chi connectivity index (χ4n) is 1.78. The quantitative estimate of drug-likeness (QED) is 0.279. The molecule has 0 fully saturated rings. The second-order valence-electron chi connectivity index (χ2n) is 4.79. The van der Waals surface area contributed by atoms with Crippen LogP contribution in [0.3, 0.4) is 0 Å². The van der Waals surface area contributed by atoms with E-state index in [9.17, 15) is 19.2 Å². The summed E-state index contributed by atoms with van der Waals surface area (Å²) in [6, 6.07) is 0. The van der Waals surface area contributed by atoms with Crippen LogP contribution in [-0.2, 0) is 28.7 Å². The molecule has 0 radical (unpaired) electrons. The van der Waals surface area contributed by atoms with E-state index in [1.807, 2.05) is 0 Å². The van der Waals surface area contributed by atoms with Crippen LogP contribution in [0.2, 0.25) is 0 Å². The summed E-state index contributed by atoms with van der Waals surface area (Å²) in [7, 11) is 0. The Morgan fingerprint density at radius 3 is 2.29 bits per heavy atom. The van der Waals surface area contributed by atoms with Crippen LogP contribution in [0.25, 0.3) is 0 Å². The Morgan fingerprint density at radius 1 is 1.04 bits per heavy atom. The van der Waals surface area contributed by atoms with Crippen molar-refractivity contribution in [1.29, 1.82) is 0 Å². The number of amides is 4. The summed E-state index contributed by atoms with van der Waals surface area (Å²) in [5, 5.41) is 2.62. The lowest BCUT2D eigenvalue weighted by atomic mass is 10.3. The van der Waals surface area contributed by atoms with Crippen molar-refractivity contribution in [2.24, 2.45) is 4.99 Å². The molecule has 1 aliphatic rings. The Bertz CT molecular complexity index is 499. The normalized spacial score (nSPS) is 13.4. The summed E-state index contributed by atoms with van der Waals surface area (Å²) in [6.45, 7) is 4.74. The van der Waals surface area contributed by atoms with E-state index < -0.39 is 11.8 Å². The van der Waals surface area contributed by atoms with Crippen molar-refractivity contribution in [3.8, 4) is 0 Å². The van der Waals surface area contributed by atoms with Gasteiger partial charge < -0.3 is 14.8 Å². The van der Waals surface area contributed by atoms with Crippen molar-refractivity contribution >= 4 is 30.3 Å². The molecule has 9 nitrogen and oxygen atoms in total. The predicted octanol–water partition coefficient (Wildman–Crippen LogP) is -0.932. The van der Waals surface area contributed by atoms with Crippen LogP contribution in [-0.4, -0.2) is 74.8 Å². The lowest BCUT2D eigenvalue weighted by Crippen LogP contribution is -2.35. The summed E-state index contributed by atoms with van der Waals surface area (Å²) in [5.41, 5.74) is 0. The third-order valence-electron chi connectivity index (χ3n) is 3.04. The highest BCUT2D eigenvalue weighted by Gasteiger charge is 2.23. The van der Waals surface area contributed by atoms with Gasteiger partial charge >= 0.3 is 0 Å². The van der Waals surface area contributed by atoms with Gasteiger partial charge in [-0.15, -0.1) is 0 Å². The van der Waals surface area contributed by atoms with Gasteiger partial charge in [-0.1, -0.05) is 0 Å². The third kappa shape index (κ3) is 7.75. The zero-order valence-corrected chi connectivity index (χ0v) is 13.4. The molecule has 0 atom stereocenters. The van der Waals surface area contributed by atoms with Crippen LogP contribution < -0.4 is 5.32 Å². The molecule has 0 aromatic heterocycles. The Kier molecular flexibility index (Phi) is 9.17. The van der Waals surface area contributed by atoms with E-state index in [4.69, 9.17) is 9.47 Å². The molecule has 0 spiro atoms. The molecular formula is C15H21N3O6. The highest BCUT2D eigenvalue weighted by molar-refractivity contribution is 6.13. The summed E-state index contributed by atoms with van der Waals surface area (Å²) in [5.74, 6) is -1.38. The number of carbonyl (C=O) groups excluding carboxylic acids is 4. The minimum Gasteiger partial charge on any atom is -0.379 e. The summed E-state index contributed by atoms with van der Waals surface area (Å²) in [4.78, 5) is 49.2. The Morgan fingerprint density at radius 2 is 1.67 bits per heavy atom. The number of imide groups is 1. The molecule has 4 amide bonds. The number of rotatable bonds is 12. The van der Waals surface area contributed by atoms with Crippen LogP contribution in [0, 0.1) is 0 Å². The largest absolute Gasteiger partial charge is 0.379 e. The number of aliphatic imine (C=N–C) groups is 1. The van der Waals surface area contributed by atoms with Crippen molar-refractivity contribution < 1.29 is 28.7 Å². The van der Waals surface area contributed by atoms with Gasteiger partial charge in [0, 0.05) is 31.7 Å². The van der Waals surface area contributed by atoms with Crippen molar-refractivity contribution in [3.63, 3.8) is 0 Å². The number of hydrogen-bond donors (Lipinski definition) is 1. The molecule has 0 aliphatic carbocycles. The lowest BCUT2D eigenvalue weighted by molar-refractivity contribution is -0.137. The maximum Gasteiger partial charge on any atom is 0.253 e. The minimum atomic E-state index is -0.401. The first-order valence-corrected chi connectivity index (χ1v) is 7.50.